The smallest absolute Gasteiger partial charge is 0.348 e. The quantitative estimate of drug-likeness (QED) is 0.853. The van der Waals surface area contributed by atoms with Crippen LogP contribution in [-0.4, -0.2) is 37.7 Å². The summed E-state index contributed by atoms with van der Waals surface area (Å²) in [5.74, 6) is -0.218. The van der Waals surface area contributed by atoms with Gasteiger partial charge < -0.3 is 15.0 Å². The Hall–Kier alpha value is -1.07. The van der Waals surface area contributed by atoms with Gasteiger partial charge in [-0.25, -0.2) is 4.79 Å². The minimum atomic E-state index is -0.218. The first kappa shape index (κ1) is 13.4. The van der Waals surface area contributed by atoms with E-state index in [1.54, 1.807) is 0 Å². The maximum Gasteiger partial charge on any atom is 0.348 e. The van der Waals surface area contributed by atoms with Crippen molar-refractivity contribution < 1.29 is 9.53 Å². The molecule has 1 saturated heterocycles. The first-order valence-corrected chi connectivity index (χ1v) is 7.19. The lowest BCUT2D eigenvalue weighted by Gasteiger charge is -2.36. The minimum Gasteiger partial charge on any atom is -0.462 e. The van der Waals surface area contributed by atoms with Crippen LogP contribution in [0.5, 0.6) is 0 Å². The third-order valence-electron chi connectivity index (χ3n) is 2.94. The van der Waals surface area contributed by atoms with Crippen molar-refractivity contribution in [2.24, 2.45) is 0 Å². The number of carbonyl (C=O) groups excluding carboxylic acids is 1. The van der Waals surface area contributed by atoms with E-state index in [0.717, 1.165) is 18.1 Å². The van der Waals surface area contributed by atoms with Gasteiger partial charge in [0, 0.05) is 25.2 Å². The Morgan fingerprint density at radius 1 is 1.44 bits per heavy atom. The Morgan fingerprint density at radius 2 is 2.11 bits per heavy atom. The number of hydrogen-bond donors (Lipinski definition) is 1. The fourth-order valence-corrected chi connectivity index (χ4v) is 3.23. The molecular formula is C13H20N2O2S. The predicted octanol–water partition coefficient (Wildman–Crippen LogP) is 2.11. The van der Waals surface area contributed by atoms with Crippen LogP contribution in [0, 0.1) is 0 Å². The third kappa shape index (κ3) is 3.03. The van der Waals surface area contributed by atoms with E-state index in [1.807, 2.05) is 19.1 Å². The van der Waals surface area contributed by atoms with Crippen LogP contribution in [0.25, 0.3) is 0 Å². The number of nitrogens with zero attached hydrogens (tertiary/aromatic N) is 1. The number of piperazine rings is 1. The third-order valence-corrected chi connectivity index (χ3v) is 4.06. The van der Waals surface area contributed by atoms with Crippen LogP contribution in [-0.2, 0) is 4.74 Å². The molecule has 1 fully saturated rings. The van der Waals surface area contributed by atoms with Gasteiger partial charge in [-0.05, 0) is 32.9 Å². The molecule has 0 saturated carbocycles. The van der Waals surface area contributed by atoms with E-state index in [9.17, 15) is 4.79 Å². The first-order chi connectivity index (χ1) is 8.60. The number of ether oxygens (including phenoxy) is 1. The van der Waals surface area contributed by atoms with E-state index in [0.29, 0.717) is 23.6 Å². The van der Waals surface area contributed by atoms with Gasteiger partial charge in [0.2, 0.25) is 0 Å². The average Bonchev–Trinajstić information content (AvgIpc) is 2.77. The zero-order chi connectivity index (χ0) is 13.1. The zero-order valence-corrected chi connectivity index (χ0v) is 11.9. The molecule has 1 aromatic heterocycles. The molecule has 100 valence electrons. The lowest BCUT2D eigenvalue weighted by Crippen LogP contribution is -2.54. The predicted molar refractivity (Wildman–Crippen MR) is 74.5 cm³/mol. The lowest BCUT2D eigenvalue weighted by molar-refractivity contribution is 0.0532. The Kier molecular flexibility index (Phi) is 4.24. The summed E-state index contributed by atoms with van der Waals surface area (Å²) in [6.07, 6.45) is 0. The highest BCUT2D eigenvalue weighted by molar-refractivity contribution is 7.17. The summed E-state index contributed by atoms with van der Waals surface area (Å²) in [7, 11) is 0. The van der Waals surface area contributed by atoms with Gasteiger partial charge in [0.05, 0.1) is 11.6 Å². The highest BCUT2D eigenvalue weighted by Crippen LogP contribution is 2.28. The van der Waals surface area contributed by atoms with Crippen molar-refractivity contribution in [2.75, 3.05) is 24.6 Å². The van der Waals surface area contributed by atoms with Crippen LogP contribution < -0.4 is 10.2 Å². The molecular weight excluding hydrogens is 248 g/mol. The van der Waals surface area contributed by atoms with Crippen molar-refractivity contribution in [3.05, 3.63) is 17.0 Å². The SMILES string of the molecule is CCOC(=O)c1ccc(N2CC(C)NC(C)C2)s1. The Balaban J connectivity index is 2.07. The molecule has 0 amide bonds. The van der Waals surface area contributed by atoms with Gasteiger partial charge >= 0.3 is 5.97 Å². The average molecular weight is 268 g/mol. The maximum absolute atomic E-state index is 11.6. The summed E-state index contributed by atoms with van der Waals surface area (Å²) in [4.78, 5) is 14.6. The largest absolute Gasteiger partial charge is 0.462 e. The van der Waals surface area contributed by atoms with Gasteiger partial charge in [-0.2, -0.15) is 0 Å². The molecule has 18 heavy (non-hydrogen) atoms. The maximum atomic E-state index is 11.6. The standard InChI is InChI=1S/C13H20N2O2S/c1-4-17-13(16)11-5-6-12(18-11)15-7-9(2)14-10(3)8-15/h5-6,9-10,14H,4,7-8H2,1-3H3. The van der Waals surface area contributed by atoms with Gasteiger partial charge in [-0.15, -0.1) is 11.3 Å². The van der Waals surface area contributed by atoms with E-state index in [2.05, 4.69) is 24.1 Å². The van der Waals surface area contributed by atoms with Gasteiger partial charge in [0.15, 0.2) is 0 Å². The summed E-state index contributed by atoms with van der Waals surface area (Å²) < 4.78 is 5.01. The van der Waals surface area contributed by atoms with E-state index < -0.39 is 0 Å². The zero-order valence-electron chi connectivity index (χ0n) is 11.1. The van der Waals surface area contributed by atoms with Crippen LogP contribution in [0.15, 0.2) is 12.1 Å². The molecule has 2 rings (SSSR count). The number of hydrogen-bond acceptors (Lipinski definition) is 5. The number of rotatable bonds is 3. The molecule has 2 unspecified atom stereocenters. The number of esters is 1. The molecule has 0 aromatic carbocycles. The van der Waals surface area contributed by atoms with E-state index in [1.165, 1.54) is 11.3 Å². The van der Waals surface area contributed by atoms with Crippen LogP contribution in [0.2, 0.25) is 0 Å². The summed E-state index contributed by atoms with van der Waals surface area (Å²) >= 11 is 1.52. The summed E-state index contributed by atoms with van der Waals surface area (Å²) in [5.41, 5.74) is 0. The Bertz CT molecular complexity index is 409. The number of nitrogens with one attached hydrogen (secondary N) is 1. The molecule has 0 bridgehead atoms. The summed E-state index contributed by atoms with van der Waals surface area (Å²) in [6.45, 7) is 8.57. The van der Waals surface area contributed by atoms with Crippen molar-refractivity contribution in [2.45, 2.75) is 32.9 Å². The second-order valence-corrected chi connectivity index (χ2v) is 5.79. The van der Waals surface area contributed by atoms with Crippen molar-refractivity contribution in [3.8, 4) is 0 Å². The summed E-state index contributed by atoms with van der Waals surface area (Å²) in [5, 5.41) is 4.65. The lowest BCUT2D eigenvalue weighted by atomic mass is 10.1. The number of carbonyl (C=O) groups is 1. The fraction of sp³-hybridized carbons (Fsp3) is 0.615. The second kappa shape index (κ2) is 5.71. The fourth-order valence-electron chi connectivity index (χ4n) is 2.32. The van der Waals surface area contributed by atoms with Gasteiger partial charge in [0.25, 0.3) is 0 Å². The Labute approximate surface area is 112 Å². The monoisotopic (exact) mass is 268 g/mol. The molecule has 1 aliphatic heterocycles. The van der Waals surface area contributed by atoms with E-state index >= 15 is 0 Å². The topological polar surface area (TPSA) is 41.6 Å². The highest BCUT2D eigenvalue weighted by Gasteiger charge is 2.23. The molecule has 1 aliphatic rings. The van der Waals surface area contributed by atoms with Crippen molar-refractivity contribution >= 4 is 22.3 Å². The molecule has 1 N–H and O–H groups in total. The van der Waals surface area contributed by atoms with Crippen LogP contribution in [0.3, 0.4) is 0 Å². The van der Waals surface area contributed by atoms with Crippen LogP contribution >= 0.6 is 11.3 Å². The minimum absolute atomic E-state index is 0.218. The molecule has 5 heteroatoms. The van der Waals surface area contributed by atoms with Crippen LogP contribution in [0.4, 0.5) is 5.00 Å². The number of anilines is 1. The van der Waals surface area contributed by atoms with Crippen LogP contribution in [0.1, 0.15) is 30.4 Å². The Morgan fingerprint density at radius 3 is 2.72 bits per heavy atom. The van der Waals surface area contributed by atoms with Crippen molar-refractivity contribution in [1.82, 2.24) is 5.32 Å². The van der Waals surface area contributed by atoms with Crippen molar-refractivity contribution in [1.29, 1.82) is 0 Å². The number of thiophene rings is 1. The van der Waals surface area contributed by atoms with E-state index in [-0.39, 0.29) is 5.97 Å². The molecule has 2 heterocycles. The van der Waals surface area contributed by atoms with Gasteiger partial charge in [-0.3, -0.25) is 0 Å². The molecule has 0 spiro atoms. The van der Waals surface area contributed by atoms with Gasteiger partial charge in [0.1, 0.15) is 4.88 Å². The van der Waals surface area contributed by atoms with Gasteiger partial charge in [-0.1, -0.05) is 0 Å². The molecule has 4 nitrogen and oxygen atoms in total. The molecule has 0 radical (unpaired) electrons. The second-order valence-electron chi connectivity index (χ2n) is 4.73. The molecule has 0 aliphatic carbocycles. The molecule has 2 atom stereocenters. The normalized spacial score (nSPS) is 24.1. The molecule has 1 aromatic rings. The first-order valence-electron chi connectivity index (χ1n) is 6.38. The summed E-state index contributed by atoms with van der Waals surface area (Å²) in [6, 6.07) is 4.82. The van der Waals surface area contributed by atoms with Crippen molar-refractivity contribution in [3.63, 3.8) is 0 Å². The van der Waals surface area contributed by atoms with E-state index in [4.69, 9.17) is 4.74 Å². The highest BCUT2D eigenvalue weighted by atomic mass is 32.1.